The summed E-state index contributed by atoms with van der Waals surface area (Å²) in [5.74, 6) is -0.839. The molecule has 0 saturated heterocycles. The van der Waals surface area contributed by atoms with Gasteiger partial charge in [0.2, 0.25) is 0 Å². The number of nitrogens with zero attached hydrogens (tertiary/aromatic N) is 1. The Labute approximate surface area is 108 Å². The summed E-state index contributed by atoms with van der Waals surface area (Å²) in [6.07, 6.45) is 1.41. The highest BCUT2D eigenvalue weighted by molar-refractivity contribution is 6.29. The summed E-state index contributed by atoms with van der Waals surface area (Å²) in [5.41, 5.74) is 0.606. The molecule has 1 heterocycles. The number of benzene rings is 1. The summed E-state index contributed by atoms with van der Waals surface area (Å²) >= 11 is 5.62. The van der Waals surface area contributed by atoms with Gasteiger partial charge >= 0.3 is 0 Å². The minimum atomic E-state index is -0.467. The maximum absolute atomic E-state index is 11.8. The molecule has 3 N–H and O–H groups in total. The molecule has 0 atom stereocenters. The van der Waals surface area contributed by atoms with Crippen molar-refractivity contribution in [1.82, 2.24) is 4.98 Å². The van der Waals surface area contributed by atoms with Crippen molar-refractivity contribution >= 4 is 23.2 Å². The van der Waals surface area contributed by atoms with Crippen LogP contribution >= 0.6 is 11.6 Å². The summed E-state index contributed by atoms with van der Waals surface area (Å²) in [6, 6.07) is 6.77. The number of nitrogens with one attached hydrogen (secondary N) is 1. The Morgan fingerprint density at radius 1 is 1.17 bits per heavy atom. The van der Waals surface area contributed by atoms with Crippen LogP contribution in [0.2, 0.25) is 5.15 Å². The van der Waals surface area contributed by atoms with Crippen molar-refractivity contribution in [1.29, 1.82) is 0 Å². The summed E-state index contributed by atoms with van der Waals surface area (Å²) < 4.78 is 0. The predicted molar refractivity (Wildman–Crippen MR) is 67.0 cm³/mol. The second-order valence-corrected chi connectivity index (χ2v) is 3.95. The number of aromatic hydroxyl groups is 2. The van der Waals surface area contributed by atoms with E-state index in [2.05, 4.69) is 10.3 Å². The first kappa shape index (κ1) is 12.2. The Morgan fingerprint density at radius 2 is 1.83 bits per heavy atom. The largest absolute Gasteiger partial charge is 0.508 e. The molecule has 0 aliphatic carbocycles. The first-order valence-electron chi connectivity index (χ1n) is 5.00. The van der Waals surface area contributed by atoms with Crippen molar-refractivity contribution in [2.24, 2.45) is 0 Å². The minimum Gasteiger partial charge on any atom is -0.508 e. The monoisotopic (exact) mass is 264 g/mol. The molecule has 0 aliphatic heterocycles. The lowest BCUT2D eigenvalue weighted by atomic mass is 10.2. The molecule has 92 valence electrons. The zero-order valence-electron chi connectivity index (χ0n) is 9.09. The van der Waals surface area contributed by atoms with Gasteiger partial charge in [-0.1, -0.05) is 11.6 Å². The summed E-state index contributed by atoms with van der Waals surface area (Å²) in [5, 5.41) is 21.4. The second-order valence-electron chi connectivity index (χ2n) is 3.56. The van der Waals surface area contributed by atoms with E-state index in [0.29, 0.717) is 10.8 Å². The van der Waals surface area contributed by atoms with Gasteiger partial charge in [-0.3, -0.25) is 4.79 Å². The van der Waals surface area contributed by atoms with Crippen LogP contribution in [0.3, 0.4) is 0 Å². The van der Waals surface area contributed by atoms with Gasteiger partial charge in [-0.15, -0.1) is 0 Å². The lowest BCUT2D eigenvalue weighted by molar-refractivity contribution is 0.102. The number of aromatic nitrogens is 1. The van der Waals surface area contributed by atoms with Gasteiger partial charge in [-0.05, 0) is 24.3 Å². The number of carbonyl (C=O) groups excluding carboxylic acids is 1. The number of anilines is 1. The molecule has 0 saturated carbocycles. The van der Waals surface area contributed by atoms with Crippen LogP contribution in [-0.2, 0) is 0 Å². The average molecular weight is 265 g/mol. The van der Waals surface area contributed by atoms with E-state index in [-0.39, 0.29) is 17.1 Å². The zero-order valence-corrected chi connectivity index (χ0v) is 9.85. The molecule has 1 aromatic carbocycles. The highest BCUT2D eigenvalue weighted by atomic mass is 35.5. The van der Waals surface area contributed by atoms with E-state index in [1.165, 1.54) is 24.4 Å². The lowest BCUT2D eigenvalue weighted by Gasteiger charge is -2.05. The highest BCUT2D eigenvalue weighted by Crippen LogP contribution is 2.21. The second kappa shape index (κ2) is 4.93. The summed E-state index contributed by atoms with van der Waals surface area (Å²) in [4.78, 5) is 15.6. The Balaban J connectivity index is 2.19. The topological polar surface area (TPSA) is 82.5 Å². The van der Waals surface area contributed by atoms with Crippen LogP contribution in [0.4, 0.5) is 5.69 Å². The maximum atomic E-state index is 11.8. The highest BCUT2D eigenvalue weighted by Gasteiger charge is 2.09. The number of phenolic OH excluding ortho intramolecular Hbond substituents is 2. The van der Waals surface area contributed by atoms with Crippen LogP contribution in [0.25, 0.3) is 0 Å². The average Bonchev–Trinajstić information content (AvgIpc) is 2.31. The number of pyridine rings is 1. The fourth-order valence-electron chi connectivity index (χ4n) is 1.38. The molecule has 6 heteroatoms. The molecular weight excluding hydrogens is 256 g/mol. The van der Waals surface area contributed by atoms with Gasteiger partial charge in [0.1, 0.15) is 16.7 Å². The fourth-order valence-corrected chi connectivity index (χ4v) is 1.49. The standard InChI is InChI=1S/C12H9ClN2O3/c13-11-2-1-8(6-14-11)15-12(18)7-3-9(16)5-10(17)4-7/h1-6,16-17H,(H,15,18). The SMILES string of the molecule is O=C(Nc1ccc(Cl)nc1)c1cc(O)cc(O)c1. The van der Waals surface area contributed by atoms with E-state index < -0.39 is 5.91 Å². The Hall–Kier alpha value is -2.27. The molecule has 5 nitrogen and oxygen atoms in total. The van der Waals surface area contributed by atoms with Gasteiger partial charge < -0.3 is 15.5 Å². The Bertz CT molecular complexity index is 564. The number of hydrogen-bond donors (Lipinski definition) is 3. The van der Waals surface area contributed by atoms with Gasteiger partial charge in [-0.25, -0.2) is 4.98 Å². The molecule has 2 rings (SSSR count). The maximum Gasteiger partial charge on any atom is 0.255 e. The van der Waals surface area contributed by atoms with Crippen LogP contribution in [0.5, 0.6) is 11.5 Å². The van der Waals surface area contributed by atoms with Crippen LogP contribution in [0.1, 0.15) is 10.4 Å². The third-order valence-electron chi connectivity index (χ3n) is 2.15. The summed E-state index contributed by atoms with van der Waals surface area (Å²) in [7, 11) is 0. The first-order chi connectivity index (χ1) is 8.54. The quantitative estimate of drug-likeness (QED) is 0.728. The van der Waals surface area contributed by atoms with E-state index in [4.69, 9.17) is 11.6 Å². The number of hydrogen-bond acceptors (Lipinski definition) is 4. The van der Waals surface area contributed by atoms with Crippen LogP contribution in [-0.4, -0.2) is 21.1 Å². The minimum absolute atomic E-state index is 0.141. The fraction of sp³-hybridized carbons (Fsp3) is 0. The molecule has 0 unspecified atom stereocenters. The van der Waals surface area contributed by atoms with Crippen molar-refractivity contribution in [3.05, 3.63) is 47.2 Å². The molecule has 2 aromatic rings. The molecular formula is C12H9ClN2O3. The lowest BCUT2D eigenvalue weighted by Crippen LogP contribution is -2.11. The smallest absolute Gasteiger partial charge is 0.255 e. The number of phenols is 2. The van der Waals surface area contributed by atoms with Crippen molar-refractivity contribution < 1.29 is 15.0 Å². The number of halogens is 1. The molecule has 1 aromatic heterocycles. The molecule has 18 heavy (non-hydrogen) atoms. The van der Waals surface area contributed by atoms with Crippen molar-refractivity contribution in [2.75, 3.05) is 5.32 Å². The van der Waals surface area contributed by atoms with E-state index in [9.17, 15) is 15.0 Å². The first-order valence-corrected chi connectivity index (χ1v) is 5.38. The van der Waals surface area contributed by atoms with Gasteiger partial charge in [0.25, 0.3) is 5.91 Å². The zero-order chi connectivity index (χ0) is 13.1. The summed E-state index contributed by atoms with van der Waals surface area (Å²) in [6.45, 7) is 0. The molecule has 0 bridgehead atoms. The molecule has 0 radical (unpaired) electrons. The van der Waals surface area contributed by atoms with Crippen molar-refractivity contribution in [3.63, 3.8) is 0 Å². The molecule has 1 amide bonds. The Morgan fingerprint density at radius 3 is 2.39 bits per heavy atom. The van der Waals surface area contributed by atoms with Crippen molar-refractivity contribution in [3.8, 4) is 11.5 Å². The molecule has 0 aliphatic rings. The van der Waals surface area contributed by atoms with E-state index in [0.717, 1.165) is 6.07 Å². The number of amides is 1. The van der Waals surface area contributed by atoms with E-state index >= 15 is 0 Å². The van der Waals surface area contributed by atoms with Crippen molar-refractivity contribution in [2.45, 2.75) is 0 Å². The van der Waals surface area contributed by atoms with E-state index in [1.807, 2.05) is 0 Å². The van der Waals surface area contributed by atoms with Gasteiger partial charge in [-0.2, -0.15) is 0 Å². The van der Waals surface area contributed by atoms with E-state index in [1.54, 1.807) is 6.07 Å². The third-order valence-corrected chi connectivity index (χ3v) is 2.37. The Kier molecular flexibility index (Phi) is 3.34. The number of rotatable bonds is 2. The van der Waals surface area contributed by atoms with Crippen LogP contribution in [0, 0.1) is 0 Å². The van der Waals surface area contributed by atoms with Crippen LogP contribution in [0.15, 0.2) is 36.5 Å². The third kappa shape index (κ3) is 2.89. The molecule has 0 fully saturated rings. The van der Waals surface area contributed by atoms with Gasteiger partial charge in [0.15, 0.2) is 0 Å². The molecule has 0 spiro atoms. The number of carbonyl (C=O) groups is 1. The normalized spacial score (nSPS) is 10.1. The predicted octanol–water partition coefficient (Wildman–Crippen LogP) is 2.40. The van der Waals surface area contributed by atoms with Gasteiger partial charge in [0, 0.05) is 11.6 Å². The van der Waals surface area contributed by atoms with Gasteiger partial charge in [0.05, 0.1) is 11.9 Å². The van der Waals surface area contributed by atoms with Crippen LogP contribution < -0.4 is 5.32 Å².